The van der Waals surface area contributed by atoms with Gasteiger partial charge in [-0.1, -0.05) is 50.1 Å². The lowest BCUT2D eigenvalue weighted by atomic mass is 9.62. The van der Waals surface area contributed by atoms with Crippen molar-refractivity contribution >= 4 is 11.9 Å². The van der Waals surface area contributed by atoms with Crippen molar-refractivity contribution in [3.63, 3.8) is 0 Å². The van der Waals surface area contributed by atoms with Gasteiger partial charge < -0.3 is 18.9 Å². The molecule has 0 bridgehead atoms. The molecule has 1 aromatic rings. The molecule has 188 valence electrons. The van der Waals surface area contributed by atoms with Crippen molar-refractivity contribution in [1.82, 2.24) is 0 Å². The van der Waals surface area contributed by atoms with Crippen LogP contribution in [-0.4, -0.2) is 42.6 Å². The summed E-state index contributed by atoms with van der Waals surface area (Å²) < 4.78 is 24.8. The summed E-state index contributed by atoms with van der Waals surface area (Å²) in [7, 11) is 0. The lowest BCUT2D eigenvalue weighted by Crippen LogP contribution is -2.66. The smallest absolute Gasteiger partial charge is 0.323 e. The van der Waals surface area contributed by atoms with Crippen molar-refractivity contribution < 1.29 is 28.5 Å². The fourth-order valence-electron chi connectivity index (χ4n) is 6.52. The van der Waals surface area contributed by atoms with Gasteiger partial charge in [-0.3, -0.25) is 9.59 Å². The Morgan fingerprint density at radius 3 is 2.26 bits per heavy atom. The zero-order chi connectivity index (χ0) is 24.6. The molecule has 1 aromatic carbocycles. The van der Waals surface area contributed by atoms with Gasteiger partial charge in [-0.2, -0.15) is 0 Å². The van der Waals surface area contributed by atoms with Crippen LogP contribution in [0.5, 0.6) is 0 Å². The molecule has 0 N–H and O–H groups in total. The molecule has 1 spiro atoms. The third kappa shape index (κ3) is 4.07. The molecule has 3 fully saturated rings. The Balaban J connectivity index is 1.79. The van der Waals surface area contributed by atoms with Crippen LogP contribution in [0.2, 0.25) is 0 Å². The molecule has 0 amide bonds. The Morgan fingerprint density at radius 1 is 1.00 bits per heavy atom. The predicted octanol–water partition coefficient (Wildman–Crippen LogP) is 5.22. The van der Waals surface area contributed by atoms with Crippen LogP contribution in [0.4, 0.5) is 0 Å². The van der Waals surface area contributed by atoms with Crippen molar-refractivity contribution in [2.45, 2.75) is 97.1 Å². The minimum atomic E-state index is -1.44. The van der Waals surface area contributed by atoms with Crippen LogP contribution in [0.25, 0.3) is 0 Å². The molecule has 4 atom stereocenters. The largest absolute Gasteiger partial charge is 0.465 e. The molecule has 0 radical (unpaired) electrons. The number of hydrogen-bond acceptors (Lipinski definition) is 6. The Bertz CT molecular complexity index is 877. The number of hydrogen-bond donors (Lipinski definition) is 0. The molecule has 0 unspecified atom stereocenters. The second-order valence-electron chi connectivity index (χ2n) is 11.0. The Kier molecular flexibility index (Phi) is 6.87. The molecule has 3 aliphatic rings. The lowest BCUT2D eigenvalue weighted by Gasteiger charge is -2.61. The standard InChI is InChI=1S/C28H40O6/c1-6-31-23(29)27(24(30)32-7-2)18-21(17-20-13-9-8-10-14-20)28(19-27)33-22-15-11-12-16-26(22,5)25(3,4)34-28/h8-10,13-14,21-22H,6-7,11-12,15-19H2,1-5H3/t21-,22+,26+,28-/m0/s1. The summed E-state index contributed by atoms with van der Waals surface area (Å²) in [5, 5.41) is 0. The number of ether oxygens (including phenoxy) is 4. The van der Waals surface area contributed by atoms with E-state index >= 15 is 0 Å². The maximum Gasteiger partial charge on any atom is 0.323 e. The minimum Gasteiger partial charge on any atom is -0.465 e. The quantitative estimate of drug-likeness (QED) is 0.417. The van der Waals surface area contributed by atoms with E-state index in [2.05, 4.69) is 32.9 Å². The summed E-state index contributed by atoms with van der Waals surface area (Å²) in [6.45, 7) is 10.5. The maximum absolute atomic E-state index is 13.4. The van der Waals surface area contributed by atoms with E-state index in [4.69, 9.17) is 18.9 Å². The summed E-state index contributed by atoms with van der Waals surface area (Å²) >= 11 is 0. The SMILES string of the molecule is CCOC(=O)C1(C(=O)OCC)C[C@H](Cc2ccccc2)[C@@]2(C1)O[C@@H]1CCCC[C@@]1(C)C(C)(C)O2. The maximum atomic E-state index is 13.4. The van der Waals surface area contributed by atoms with Crippen LogP contribution in [0, 0.1) is 16.7 Å². The number of esters is 2. The first-order valence-corrected chi connectivity index (χ1v) is 12.9. The number of benzene rings is 1. The van der Waals surface area contributed by atoms with E-state index in [9.17, 15) is 9.59 Å². The van der Waals surface area contributed by atoms with Gasteiger partial charge in [0.1, 0.15) is 0 Å². The zero-order valence-corrected chi connectivity index (χ0v) is 21.4. The first-order chi connectivity index (χ1) is 16.1. The fourth-order valence-corrected chi connectivity index (χ4v) is 6.52. The van der Waals surface area contributed by atoms with Gasteiger partial charge in [0.25, 0.3) is 0 Å². The van der Waals surface area contributed by atoms with Gasteiger partial charge >= 0.3 is 11.9 Å². The number of fused-ring (bicyclic) bond motifs is 1. The van der Waals surface area contributed by atoms with Crippen molar-refractivity contribution in [3.8, 4) is 0 Å². The average Bonchev–Trinajstić information content (AvgIpc) is 3.09. The number of carbonyl (C=O) groups is 2. The predicted molar refractivity (Wildman–Crippen MR) is 128 cm³/mol. The van der Waals surface area contributed by atoms with E-state index in [0.29, 0.717) is 6.42 Å². The van der Waals surface area contributed by atoms with Gasteiger partial charge in [-0.05, 0) is 58.9 Å². The topological polar surface area (TPSA) is 71.1 Å². The van der Waals surface area contributed by atoms with Gasteiger partial charge in [-0.15, -0.1) is 0 Å². The molecule has 34 heavy (non-hydrogen) atoms. The van der Waals surface area contributed by atoms with Gasteiger partial charge in [0.2, 0.25) is 0 Å². The number of carbonyl (C=O) groups excluding carboxylic acids is 2. The van der Waals surface area contributed by atoms with Crippen LogP contribution in [0.3, 0.4) is 0 Å². The highest BCUT2D eigenvalue weighted by atomic mass is 16.7. The Morgan fingerprint density at radius 2 is 1.65 bits per heavy atom. The van der Waals surface area contributed by atoms with Crippen LogP contribution < -0.4 is 0 Å². The van der Waals surface area contributed by atoms with E-state index < -0.39 is 28.7 Å². The van der Waals surface area contributed by atoms with Crippen molar-refractivity contribution in [3.05, 3.63) is 35.9 Å². The van der Waals surface area contributed by atoms with E-state index in [1.54, 1.807) is 13.8 Å². The Labute approximate surface area is 203 Å². The summed E-state index contributed by atoms with van der Waals surface area (Å²) in [6, 6.07) is 10.1. The first-order valence-electron chi connectivity index (χ1n) is 12.9. The molecule has 1 heterocycles. The Hall–Kier alpha value is -1.92. The highest BCUT2D eigenvalue weighted by molar-refractivity contribution is 6.00. The molecular weight excluding hydrogens is 432 g/mol. The fraction of sp³-hybridized carbons (Fsp3) is 0.714. The first kappa shape index (κ1) is 25.2. The van der Waals surface area contributed by atoms with Gasteiger partial charge in [0.05, 0.1) is 24.9 Å². The van der Waals surface area contributed by atoms with E-state index in [-0.39, 0.29) is 43.5 Å². The van der Waals surface area contributed by atoms with Crippen molar-refractivity contribution in [2.24, 2.45) is 16.7 Å². The highest BCUT2D eigenvalue weighted by Gasteiger charge is 2.70. The summed E-state index contributed by atoms with van der Waals surface area (Å²) in [6.07, 6.45) is 5.28. The summed E-state index contributed by atoms with van der Waals surface area (Å²) in [5.41, 5.74) is -0.931. The third-order valence-electron chi connectivity index (χ3n) is 8.69. The molecule has 1 saturated heterocycles. The van der Waals surface area contributed by atoms with Gasteiger partial charge in [0, 0.05) is 17.8 Å². The minimum absolute atomic E-state index is 0.00321. The average molecular weight is 473 g/mol. The molecule has 2 saturated carbocycles. The second kappa shape index (κ2) is 9.27. The molecule has 4 rings (SSSR count). The molecule has 2 aliphatic carbocycles. The van der Waals surface area contributed by atoms with Crippen LogP contribution in [0.15, 0.2) is 30.3 Å². The summed E-state index contributed by atoms with van der Waals surface area (Å²) in [4.78, 5) is 26.8. The van der Waals surface area contributed by atoms with Gasteiger partial charge in [0.15, 0.2) is 11.2 Å². The van der Waals surface area contributed by atoms with E-state index in [0.717, 1.165) is 31.2 Å². The monoisotopic (exact) mass is 472 g/mol. The van der Waals surface area contributed by atoms with Crippen molar-refractivity contribution in [2.75, 3.05) is 13.2 Å². The molecule has 1 aliphatic heterocycles. The third-order valence-corrected chi connectivity index (χ3v) is 8.69. The zero-order valence-electron chi connectivity index (χ0n) is 21.4. The van der Waals surface area contributed by atoms with Gasteiger partial charge in [-0.25, -0.2) is 0 Å². The van der Waals surface area contributed by atoms with E-state index in [1.165, 1.54) is 0 Å². The highest BCUT2D eigenvalue weighted by Crippen LogP contribution is 2.62. The van der Waals surface area contributed by atoms with Crippen molar-refractivity contribution in [1.29, 1.82) is 0 Å². The molecule has 6 nitrogen and oxygen atoms in total. The van der Waals surface area contributed by atoms with Crippen LogP contribution in [0.1, 0.15) is 78.7 Å². The molecule has 0 aromatic heterocycles. The van der Waals surface area contributed by atoms with E-state index in [1.807, 2.05) is 18.2 Å². The summed E-state index contributed by atoms with van der Waals surface area (Å²) in [5.74, 6) is -2.34. The van der Waals surface area contributed by atoms with Crippen LogP contribution >= 0.6 is 0 Å². The molecule has 6 heteroatoms. The number of rotatable bonds is 6. The lowest BCUT2D eigenvalue weighted by molar-refractivity contribution is -0.404. The molecular formula is C28H40O6. The normalized spacial score (nSPS) is 33.8. The van der Waals surface area contributed by atoms with Crippen LogP contribution in [-0.2, 0) is 35.0 Å². The second-order valence-corrected chi connectivity index (χ2v) is 11.0.